The molecule has 1 unspecified atom stereocenters. The third-order valence-electron chi connectivity index (χ3n) is 7.28. The van der Waals surface area contributed by atoms with Crippen molar-refractivity contribution in [1.82, 2.24) is 9.80 Å². The highest BCUT2D eigenvalue weighted by Gasteiger charge is 2.51. The van der Waals surface area contributed by atoms with Gasteiger partial charge in [-0.2, -0.15) is 0 Å². The van der Waals surface area contributed by atoms with Crippen molar-refractivity contribution >= 4 is 17.6 Å². The Morgan fingerprint density at radius 2 is 1.79 bits per heavy atom. The first kappa shape index (κ1) is 18.0. The van der Waals surface area contributed by atoms with Crippen LogP contribution in [0, 0.1) is 6.42 Å². The molecule has 1 aromatic carbocycles. The molecule has 3 saturated heterocycles. The summed E-state index contributed by atoms with van der Waals surface area (Å²) in [7, 11) is 0. The first-order chi connectivity index (χ1) is 13.6. The molecule has 2 N–H and O–H groups in total. The van der Waals surface area contributed by atoms with Crippen LogP contribution in [0.15, 0.2) is 24.3 Å². The van der Waals surface area contributed by atoms with E-state index in [0.717, 1.165) is 18.7 Å². The third kappa shape index (κ3) is 2.72. The van der Waals surface area contributed by atoms with Gasteiger partial charge in [0.25, 0.3) is 0 Å². The van der Waals surface area contributed by atoms with Crippen molar-refractivity contribution in [3.63, 3.8) is 0 Å². The molecule has 4 aliphatic rings. The van der Waals surface area contributed by atoms with E-state index in [9.17, 15) is 9.59 Å². The quantitative estimate of drug-likeness (QED) is 0.851. The number of benzene rings is 1. The third-order valence-corrected chi connectivity index (χ3v) is 7.28. The molecule has 1 radical (unpaired) electrons. The lowest BCUT2D eigenvalue weighted by Crippen LogP contribution is -2.47. The van der Waals surface area contributed by atoms with Crippen LogP contribution in [0.1, 0.15) is 44.1 Å². The monoisotopic (exact) mass is 381 g/mol. The molecule has 1 saturated carbocycles. The zero-order chi connectivity index (χ0) is 19.3. The second-order valence-electron chi connectivity index (χ2n) is 8.87. The van der Waals surface area contributed by atoms with Crippen LogP contribution in [-0.4, -0.2) is 60.0 Å². The standard InChI is InChI=1S/C22H29N4O2/c23-20(27)19-18-5-3-14-25(18)21(28)26(19)17-8-6-16(7-9-17)22(10-4-11-22)15-24-12-1-2-13-24/h5-9,18-19H,1-4,10-15H2,(H2,23,27)/t18-,19?/m1/s1. The number of primary amides is 1. The van der Waals surface area contributed by atoms with Gasteiger partial charge in [-0.05, 0) is 69.3 Å². The summed E-state index contributed by atoms with van der Waals surface area (Å²) in [5, 5.41) is 0. The minimum Gasteiger partial charge on any atom is -0.368 e. The minimum absolute atomic E-state index is 0.106. The van der Waals surface area contributed by atoms with Crippen molar-refractivity contribution < 1.29 is 9.59 Å². The zero-order valence-electron chi connectivity index (χ0n) is 16.3. The fourth-order valence-corrected chi connectivity index (χ4v) is 5.65. The average molecular weight is 382 g/mol. The minimum atomic E-state index is -0.608. The van der Waals surface area contributed by atoms with Gasteiger partial charge in [-0.15, -0.1) is 0 Å². The Kier molecular flexibility index (Phi) is 4.34. The van der Waals surface area contributed by atoms with E-state index in [4.69, 9.17) is 5.73 Å². The molecule has 6 nitrogen and oxygen atoms in total. The van der Waals surface area contributed by atoms with Crippen LogP contribution in [0.25, 0.3) is 0 Å². The van der Waals surface area contributed by atoms with Crippen molar-refractivity contribution in [2.75, 3.05) is 31.1 Å². The summed E-state index contributed by atoms with van der Waals surface area (Å²) in [6.45, 7) is 4.25. The lowest BCUT2D eigenvalue weighted by molar-refractivity contribution is -0.119. The number of likely N-dealkylation sites (tertiary alicyclic amines) is 1. The van der Waals surface area contributed by atoms with Crippen molar-refractivity contribution in [2.24, 2.45) is 5.73 Å². The Bertz CT molecular complexity index is 767. The van der Waals surface area contributed by atoms with E-state index >= 15 is 0 Å². The molecule has 0 aromatic heterocycles. The van der Waals surface area contributed by atoms with E-state index in [1.165, 1.54) is 50.8 Å². The highest BCUT2D eigenvalue weighted by Crippen LogP contribution is 2.45. The van der Waals surface area contributed by atoms with Crippen molar-refractivity contribution in [2.45, 2.75) is 56.0 Å². The number of nitrogens with two attached hydrogens (primary N) is 1. The highest BCUT2D eigenvalue weighted by molar-refractivity contribution is 6.04. The van der Waals surface area contributed by atoms with Gasteiger partial charge >= 0.3 is 6.03 Å². The number of carbonyl (C=O) groups excluding carboxylic acids is 2. The maximum Gasteiger partial charge on any atom is 0.325 e. The van der Waals surface area contributed by atoms with Gasteiger partial charge in [-0.1, -0.05) is 18.6 Å². The SMILES string of the molecule is NC(=O)C1[C@H]2[CH]CCN2C(=O)N1c1ccc(C2(CN3CCCC3)CCC2)cc1. The van der Waals surface area contributed by atoms with Crippen LogP contribution in [-0.2, 0) is 10.2 Å². The molecule has 6 heteroatoms. The number of urea groups is 1. The molecule has 1 aromatic rings. The molecule has 0 spiro atoms. The second kappa shape index (κ2) is 6.76. The Morgan fingerprint density at radius 1 is 1.07 bits per heavy atom. The normalized spacial score (nSPS) is 29.2. The van der Waals surface area contributed by atoms with E-state index in [1.54, 1.807) is 9.80 Å². The summed E-state index contributed by atoms with van der Waals surface area (Å²) in [6.07, 6.45) is 9.26. The Hall–Kier alpha value is -2.08. The molecular formula is C22H29N4O2. The zero-order valence-corrected chi connectivity index (χ0v) is 16.3. The molecule has 2 atom stereocenters. The summed E-state index contributed by atoms with van der Waals surface area (Å²) in [6, 6.07) is 7.45. The number of nitrogens with zero attached hydrogens (tertiary/aromatic N) is 3. The van der Waals surface area contributed by atoms with Crippen LogP contribution in [0.2, 0.25) is 0 Å². The van der Waals surface area contributed by atoms with Gasteiger partial charge in [-0.25, -0.2) is 4.79 Å². The average Bonchev–Trinajstić information content (AvgIpc) is 3.37. The Morgan fingerprint density at radius 3 is 2.39 bits per heavy atom. The molecular weight excluding hydrogens is 352 g/mol. The second-order valence-corrected chi connectivity index (χ2v) is 8.87. The van der Waals surface area contributed by atoms with Crippen LogP contribution < -0.4 is 10.6 Å². The number of amides is 3. The lowest BCUT2D eigenvalue weighted by Gasteiger charge is -2.45. The van der Waals surface area contributed by atoms with Gasteiger partial charge in [0.05, 0.1) is 6.04 Å². The Labute approximate surface area is 166 Å². The number of hydrogen-bond donors (Lipinski definition) is 1. The van der Waals surface area contributed by atoms with Gasteiger partial charge in [-0.3, -0.25) is 9.69 Å². The van der Waals surface area contributed by atoms with E-state index in [2.05, 4.69) is 17.0 Å². The number of hydrogen-bond acceptors (Lipinski definition) is 3. The molecule has 3 amide bonds. The van der Waals surface area contributed by atoms with Gasteiger partial charge in [0.2, 0.25) is 5.91 Å². The number of anilines is 1. The van der Waals surface area contributed by atoms with Gasteiger partial charge < -0.3 is 15.5 Å². The molecule has 4 fully saturated rings. The first-order valence-electron chi connectivity index (χ1n) is 10.6. The molecule has 3 heterocycles. The molecule has 149 valence electrons. The fraction of sp³-hybridized carbons (Fsp3) is 0.591. The van der Waals surface area contributed by atoms with Crippen LogP contribution in [0.4, 0.5) is 10.5 Å². The van der Waals surface area contributed by atoms with Crippen LogP contribution in [0.5, 0.6) is 0 Å². The molecule has 0 bridgehead atoms. The Balaban J connectivity index is 1.40. The van der Waals surface area contributed by atoms with Gasteiger partial charge in [0, 0.05) is 24.2 Å². The maximum absolute atomic E-state index is 12.9. The van der Waals surface area contributed by atoms with E-state index in [-0.39, 0.29) is 17.5 Å². The summed E-state index contributed by atoms with van der Waals surface area (Å²) in [5.74, 6) is -0.437. The fourth-order valence-electron chi connectivity index (χ4n) is 5.65. The summed E-state index contributed by atoms with van der Waals surface area (Å²) in [4.78, 5) is 31.0. The van der Waals surface area contributed by atoms with E-state index in [0.29, 0.717) is 6.54 Å². The summed E-state index contributed by atoms with van der Waals surface area (Å²) >= 11 is 0. The molecule has 3 aliphatic heterocycles. The summed E-state index contributed by atoms with van der Waals surface area (Å²) in [5.41, 5.74) is 8.08. The number of fused-ring (bicyclic) bond motifs is 1. The highest BCUT2D eigenvalue weighted by atomic mass is 16.2. The van der Waals surface area contributed by atoms with Gasteiger partial charge in [0.1, 0.15) is 6.04 Å². The van der Waals surface area contributed by atoms with Crippen LogP contribution >= 0.6 is 0 Å². The number of carbonyl (C=O) groups is 2. The van der Waals surface area contributed by atoms with Crippen molar-refractivity contribution in [1.29, 1.82) is 0 Å². The van der Waals surface area contributed by atoms with E-state index in [1.807, 2.05) is 18.6 Å². The number of rotatable bonds is 5. The summed E-state index contributed by atoms with van der Waals surface area (Å²) < 4.78 is 0. The predicted octanol–water partition coefficient (Wildman–Crippen LogP) is 2.28. The largest absolute Gasteiger partial charge is 0.368 e. The molecule has 1 aliphatic carbocycles. The van der Waals surface area contributed by atoms with Gasteiger partial charge in [0.15, 0.2) is 0 Å². The topological polar surface area (TPSA) is 69.9 Å². The van der Waals surface area contributed by atoms with Crippen LogP contribution in [0.3, 0.4) is 0 Å². The first-order valence-corrected chi connectivity index (χ1v) is 10.6. The predicted molar refractivity (Wildman–Crippen MR) is 108 cm³/mol. The maximum atomic E-state index is 12.9. The van der Waals surface area contributed by atoms with E-state index < -0.39 is 11.9 Å². The molecule has 28 heavy (non-hydrogen) atoms. The lowest BCUT2D eigenvalue weighted by atomic mass is 9.64. The molecule has 5 rings (SSSR count). The van der Waals surface area contributed by atoms with Crippen molar-refractivity contribution in [3.05, 3.63) is 36.2 Å². The smallest absolute Gasteiger partial charge is 0.325 e. The van der Waals surface area contributed by atoms with Crippen molar-refractivity contribution in [3.8, 4) is 0 Å².